The van der Waals surface area contributed by atoms with Crippen molar-refractivity contribution in [3.05, 3.63) is 65.7 Å². The van der Waals surface area contributed by atoms with Crippen molar-refractivity contribution in [3.63, 3.8) is 0 Å². The third-order valence-electron chi connectivity index (χ3n) is 4.67. The highest BCUT2D eigenvalue weighted by Crippen LogP contribution is 2.21. The minimum atomic E-state index is -1.03. The highest BCUT2D eigenvalue weighted by molar-refractivity contribution is 5.97. The molecule has 1 amide bonds. The topological polar surface area (TPSA) is 73.2 Å². The van der Waals surface area contributed by atoms with Gasteiger partial charge in [-0.3, -0.25) is 9.80 Å². The molecule has 3 rings (SSSR count). The lowest BCUT2D eigenvalue weighted by Gasteiger charge is -2.27. The maximum atomic E-state index is 13.0. The third-order valence-corrected chi connectivity index (χ3v) is 4.67. The zero-order valence-electron chi connectivity index (χ0n) is 15.5. The molecule has 0 fully saturated rings. The molecule has 1 unspecified atom stereocenters. The highest BCUT2D eigenvalue weighted by atomic mass is 16.4. The lowest BCUT2D eigenvalue weighted by molar-refractivity contribution is -0.141. The average molecular weight is 365 g/mol. The van der Waals surface area contributed by atoms with Crippen LogP contribution >= 0.6 is 0 Å². The minimum absolute atomic E-state index is 0.241. The predicted octanol–water partition coefficient (Wildman–Crippen LogP) is 3.39. The van der Waals surface area contributed by atoms with Gasteiger partial charge in [0.05, 0.1) is 5.69 Å². The lowest BCUT2D eigenvalue weighted by atomic mass is 10.1. The van der Waals surface area contributed by atoms with Crippen molar-refractivity contribution in [2.45, 2.75) is 32.9 Å². The van der Waals surface area contributed by atoms with Crippen molar-refractivity contribution in [3.8, 4) is 0 Å². The summed E-state index contributed by atoms with van der Waals surface area (Å²) in [6, 6.07) is 15.6. The van der Waals surface area contributed by atoms with Gasteiger partial charge >= 0.3 is 5.97 Å². The molecule has 1 atom stereocenters. The fraction of sp³-hybridized carbons (Fsp3) is 0.286. The molecule has 0 saturated carbocycles. The monoisotopic (exact) mass is 365 g/mol. The van der Waals surface area contributed by atoms with E-state index in [9.17, 15) is 14.7 Å². The normalized spacial score (nSPS) is 14.6. The zero-order chi connectivity index (χ0) is 19.4. The van der Waals surface area contributed by atoms with Gasteiger partial charge in [0, 0.05) is 30.8 Å². The number of rotatable bonds is 6. The van der Waals surface area contributed by atoms with E-state index >= 15 is 0 Å². The fourth-order valence-corrected chi connectivity index (χ4v) is 3.00. The van der Waals surface area contributed by atoms with E-state index < -0.39 is 12.0 Å². The Morgan fingerprint density at radius 3 is 2.37 bits per heavy atom. The number of amides is 1. The molecule has 0 radical (unpaired) electrons. The van der Waals surface area contributed by atoms with Gasteiger partial charge in [0.2, 0.25) is 0 Å². The van der Waals surface area contributed by atoms with Crippen molar-refractivity contribution in [2.75, 3.05) is 11.6 Å². The minimum Gasteiger partial charge on any atom is -0.480 e. The van der Waals surface area contributed by atoms with E-state index in [1.54, 1.807) is 12.1 Å². The molecule has 140 valence electrons. The van der Waals surface area contributed by atoms with Crippen molar-refractivity contribution in [2.24, 2.45) is 5.10 Å². The van der Waals surface area contributed by atoms with Crippen molar-refractivity contribution in [1.82, 2.24) is 4.90 Å². The first-order chi connectivity index (χ1) is 13.0. The molecule has 27 heavy (non-hydrogen) atoms. The first-order valence-electron chi connectivity index (χ1n) is 8.95. The Morgan fingerprint density at radius 2 is 1.81 bits per heavy atom. The van der Waals surface area contributed by atoms with E-state index in [0.29, 0.717) is 5.56 Å². The SMILES string of the molecule is CC1=NN(c2ccc(C(=O)N(Cc3ccccc3)C(C)C(=O)O)cc2)CC1. The number of carboxylic acid groups (broad SMARTS) is 1. The molecule has 0 saturated heterocycles. The van der Waals surface area contributed by atoms with Crippen molar-refractivity contribution >= 4 is 23.3 Å². The van der Waals surface area contributed by atoms with Crippen molar-refractivity contribution < 1.29 is 14.7 Å². The summed E-state index contributed by atoms with van der Waals surface area (Å²) in [5.41, 5.74) is 3.35. The summed E-state index contributed by atoms with van der Waals surface area (Å²) in [6.07, 6.45) is 0.932. The largest absolute Gasteiger partial charge is 0.480 e. The first kappa shape index (κ1) is 18.6. The predicted molar refractivity (Wildman–Crippen MR) is 105 cm³/mol. The van der Waals surface area contributed by atoms with Gasteiger partial charge in [-0.05, 0) is 43.7 Å². The maximum Gasteiger partial charge on any atom is 0.326 e. The summed E-state index contributed by atoms with van der Waals surface area (Å²) >= 11 is 0. The zero-order valence-corrected chi connectivity index (χ0v) is 15.5. The molecule has 0 bridgehead atoms. The fourth-order valence-electron chi connectivity index (χ4n) is 3.00. The first-order valence-corrected chi connectivity index (χ1v) is 8.95. The number of hydrogen-bond acceptors (Lipinski definition) is 4. The van der Waals surface area contributed by atoms with E-state index in [1.165, 1.54) is 11.8 Å². The number of anilines is 1. The van der Waals surface area contributed by atoms with Crippen LogP contribution in [0, 0.1) is 0 Å². The number of carbonyl (C=O) groups is 2. The van der Waals surface area contributed by atoms with E-state index in [-0.39, 0.29) is 12.5 Å². The molecule has 6 nitrogen and oxygen atoms in total. The van der Waals surface area contributed by atoms with Crippen LogP contribution in [0.3, 0.4) is 0 Å². The summed E-state index contributed by atoms with van der Waals surface area (Å²) in [6.45, 7) is 4.59. The summed E-state index contributed by atoms with van der Waals surface area (Å²) < 4.78 is 0. The lowest BCUT2D eigenvalue weighted by Crippen LogP contribution is -2.42. The van der Waals surface area contributed by atoms with Crippen LogP contribution in [0.4, 0.5) is 5.69 Å². The second-order valence-corrected chi connectivity index (χ2v) is 6.69. The number of aliphatic carboxylic acids is 1. The molecule has 0 aromatic heterocycles. The van der Waals surface area contributed by atoms with Gasteiger partial charge in [-0.1, -0.05) is 30.3 Å². The highest BCUT2D eigenvalue weighted by Gasteiger charge is 2.27. The number of carbonyl (C=O) groups excluding carboxylic acids is 1. The quantitative estimate of drug-likeness (QED) is 0.852. The van der Waals surface area contributed by atoms with Gasteiger partial charge in [-0.25, -0.2) is 4.79 Å². The van der Waals surface area contributed by atoms with Crippen LogP contribution in [0.15, 0.2) is 59.7 Å². The van der Waals surface area contributed by atoms with Crippen LogP contribution in [0.25, 0.3) is 0 Å². The molecule has 1 aliphatic rings. The maximum absolute atomic E-state index is 13.0. The van der Waals surface area contributed by atoms with E-state index in [2.05, 4.69) is 5.10 Å². The standard InChI is InChI=1S/C21H23N3O3/c1-15-12-13-24(22-15)19-10-8-18(9-11-19)20(25)23(16(2)21(26)27)14-17-6-4-3-5-7-17/h3-11,16H,12-14H2,1-2H3,(H,26,27). The molecule has 1 N–H and O–H groups in total. The molecule has 6 heteroatoms. The van der Waals surface area contributed by atoms with E-state index in [0.717, 1.165) is 29.9 Å². The number of hydrazone groups is 1. The van der Waals surface area contributed by atoms with Crippen LogP contribution in [0.5, 0.6) is 0 Å². The smallest absolute Gasteiger partial charge is 0.326 e. The molecule has 0 aliphatic carbocycles. The molecular weight excluding hydrogens is 342 g/mol. The molecule has 1 heterocycles. The number of benzene rings is 2. The Morgan fingerprint density at radius 1 is 1.15 bits per heavy atom. The Labute approximate surface area is 158 Å². The number of carboxylic acids is 1. The summed E-state index contributed by atoms with van der Waals surface area (Å²) in [7, 11) is 0. The summed E-state index contributed by atoms with van der Waals surface area (Å²) in [4.78, 5) is 25.9. The van der Waals surface area contributed by atoms with Gasteiger partial charge in [-0.15, -0.1) is 0 Å². The van der Waals surface area contributed by atoms with Gasteiger partial charge in [0.1, 0.15) is 6.04 Å². The van der Waals surface area contributed by atoms with Crippen LogP contribution in [-0.4, -0.2) is 40.2 Å². The summed E-state index contributed by atoms with van der Waals surface area (Å²) in [5.74, 6) is -1.33. The van der Waals surface area contributed by atoms with Gasteiger partial charge in [0.15, 0.2) is 0 Å². The second kappa shape index (κ2) is 8.03. The summed E-state index contributed by atoms with van der Waals surface area (Å²) in [5, 5.41) is 15.8. The average Bonchev–Trinajstić information content (AvgIpc) is 3.12. The molecule has 1 aliphatic heterocycles. The second-order valence-electron chi connectivity index (χ2n) is 6.69. The number of nitrogens with zero attached hydrogens (tertiary/aromatic N) is 3. The Hall–Kier alpha value is -3.15. The third kappa shape index (κ3) is 4.34. The molecule has 2 aromatic rings. The molecular formula is C21H23N3O3. The Balaban J connectivity index is 1.81. The number of hydrogen-bond donors (Lipinski definition) is 1. The van der Waals surface area contributed by atoms with Gasteiger partial charge in [-0.2, -0.15) is 5.10 Å². The van der Waals surface area contributed by atoms with Crippen LogP contribution in [0.2, 0.25) is 0 Å². The van der Waals surface area contributed by atoms with Crippen molar-refractivity contribution in [1.29, 1.82) is 0 Å². The molecule has 2 aromatic carbocycles. The van der Waals surface area contributed by atoms with Crippen LogP contribution in [0.1, 0.15) is 36.2 Å². The van der Waals surface area contributed by atoms with Gasteiger partial charge in [0.25, 0.3) is 5.91 Å². The molecule has 0 spiro atoms. The van der Waals surface area contributed by atoms with Crippen LogP contribution < -0.4 is 5.01 Å². The Bertz CT molecular complexity index is 847. The van der Waals surface area contributed by atoms with E-state index in [1.807, 2.05) is 54.4 Å². The van der Waals surface area contributed by atoms with E-state index in [4.69, 9.17) is 0 Å². The Kier molecular flexibility index (Phi) is 5.54. The van der Waals surface area contributed by atoms with Gasteiger partial charge < -0.3 is 10.0 Å². The van der Waals surface area contributed by atoms with Crippen LogP contribution in [-0.2, 0) is 11.3 Å².